The van der Waals surface area contributed by atoms with E-state index in [1.165, 1.54) is 0 Å². The number of imide groups is 1. The molecule has 0 aromatic carbocycles. The number of pyridine rings is 1. The van der Waals surface area contributed by atoms with Gasteiger partial charge >= 0.3 is 5.69 Å². The third-order valence-corrected chi connectivity index (χ3v) is 4.48. The Balaban J connectivity index is 0.00000160. The van der Waals surface area contributed by atoms with Crippen molar-refractivity contribution in [2.75, 3.05) is 6.61 Å². The van der Waals surface area contributed by atoms with Gasteiger partial charge in [0.25, 0.3) is 17.4 Å². The van der Waals surface area contributed by atoms with Crippen molar-refractivity contribution in [3.05, 3.63) is 62.7 Å². The number of rotatable bonds is 5. The van der Waals surface area contributed by atoms with Crippen LogP contribution < -0.4 is 16.6 Å². The number of hydrogen-bond acceptors (Lipinski definition) is 6. The summed E-state index contributed by atoms with van der Waals surface area (Å²) in [6.07, 6.45) is 4.86. The Labute approximate surface area is 176 Å². The van der Waals surface area contributed by atoms with Crippen LogP contribution >= 0.6 is 12.4 Å². The molecule has 0 bridgehead atoms. The Morgan fingerprint density at radius 1 is 1.07 bits per heavy atom. The third-order valence-electron chi connectivity index (χ3n) is 4.48. The molecule has 0 radical (unpaired) electrons. The molecule has 0 aliphatic carbocycles. The minimum atomic E-state index is -0.775. The Morgan fingerprint density at radius 3 is 2.43 bits per heavy atom. The summed E-state index contributed by atoms with van der Waals surface area (Å²) in [4.78, 5) is 57.2. The van der Waals surface area contributed by atoms with Gasteiger partial charge in [-0.15, -0.1) is 12.4 Å². The molecule has 10 nitrogen and oxygen atoms in total. The normalized spacial score (nSPS) is 13.2. The lowest BCUT2D eigenvalue weighted by atomic mass is 9.98. The molecule has 1 aliphatic heterocycles. The molecule has 30 heavy (non-hydrogen) atoms. The van der Waals surface area contributed by atoms with E-state index >= 15 is 0 Å². The van der Waals surface area contributed by atoms with E-state index in [-0.39, 0.29) is 43.2 Å². The summed E-state index contributed by atoms with van der Waals surface area (Å²) in [5.74, 6) is -1.37. The predicted molar refractivity (Wildman–Crippen MR) is 113 cm³/mol. The lowest BCUT2D eigenvalue weighted by Crippen LogP contribution is -2.27. The van der Waals surface area contributed by atoms with Crippen molar-refractivity contribution in [2.24, 2.45) is 0 Å². The maximum Gasteiger partial charge on any atom is 0.325 e. The van der Waals surface area contributed by atoms with Gasteiger partial charge in [-0.05, 0) is 18.6 Å². The van der Waals surface area contributed by atoms with Gasteiger partial charge in [0.1, 0.15) is 5.65 Å². The molecule has 1 aliphatic rings. The van der Waals surface area contributed by atoms with Gasteiger partial charge in [0, 0.05) is 42.7 Å². The van der Waals surface area contributed by atoms with Crippen molar-refractivity contribution in [3.63, 3.8) is 0 Å². The fraction of sp³-hybridized carbons (Fsp3) is 0.211. The summed E-state index contributed by atoms with van der Waals surface area (Å²) in [5.41, 5.74) is -0.673. The minimum Gasteiger partial charge on any atom is -0.396 e. The van der Waals surface area contributed by atoms with Gasteiger partial charge in [0.15, 0.2) is 0 Å². The molecule has 0 saturated carbocycles. The van der Waals surface area contributed by atoms with E-state index < -0.39 is 23.1 Å². The molecule has 4 rings (SSSR count). The topological polar surface area (TPSA) is 150 Å². The average Bonchev–Trinajstić information content (AvgIpc) is 3.17. The average molecular weight is 434 g/mol. The summed E-state index contributed by atoms with van der Waals surface area (Å²) >= 11 is 0. The molecule has 0 fully saturated rings. The molecule has 4 heterocycles. The highest BCUT2D eigenvalue weighted by molar-refractivity contribution is 6.49. The number of aliphatic hydroxyl groups is 1. The fourth-order valence-electron chi connectivity index (χ4n) is 3.30. The van der Waals surface area contributed by atoms with Crippen LogP contribution in [0.4, 0.5) is 0 Å². The first-order valence-electron chi connectivity index (χ1n) is 8.48. The van der Waals surface area contributed by atoms with E-state index in [0.717, 1.165) is 6.20 Å². The molecule has 0 unspecified atom stereocenters. The van der Waals surface area contributed by atoms with Gasteiger partial charge in [-0.2, -0.15) is 0 Å². The van der Waals surface area contributed by atoms with Gasteiger partial charge in [0.05, 0.1) is 16.7 Å². The van der Waals surface area contributed by atoms with Crippen molar-refractivity contribution >= 4 is 46.4 Å². The van der Waals surface area contributed by atoms with Crippen molar-refractivity contribution in [1.29, 1.82) is 0 Å². The zero-order valence-electron chi connectivity index (χ0n) is 14.9. The summed E-state index contributed by atoms with van der Waals surface area (Å²) in [6.45, 7) is 0.447. The largest absolute Gasteiger partial charge is 0.396 e. The quantitative estimate of drug-likeness (QED) is 0.428. The number of carbonyl (C=O) groups is 2. The van der Waals surface area contributed by atoms with E-state index in [1.807, 2.05) is 0 Å². The van der Waals surface area contributed by atoms with Crippen LogP contribution in [0.25, 0.3) is 22.2 Å². The number of aryl methyl sites for hydroxylation is 1. The molecule has 158 valence electrons. The van der Waals surface area contributed by atoms with Crippen LogP contribution in [0.1, 0.15) is 25.0 Å². The van der Waals surface area contributed by atoms with E-state index in [1.54, 1.807) is 29.1 Å². The first kappa shape index (κ1) is 22.8. The fourth-order valence-corrected chi connectivity index (χ4v) is 3.30. The third kappa shape index (κ3) is 3.70. The second kappa shape index (κ2) is 8.89. The molecule has 0 saturated heterocycles. The minimum absolute atomic E-state index is 0. The second-order valence-electron chi connectivity index (χ2n) is 6.21. The summed E-state index contributed by atoms with van der Waals surface area (Å²) in [6, 6.07) is 3.45. The number of halogens is 1. The van der Waals surface area contributed by atoms with Crippen LogP contribution in [0.2, 0.25) is 0 Å². The van der Waals surface area contributed by atoms with Gasteiger partial charge in [-0.1, -0.05) is 7.43 Å². The Morgan fingerprint density at radius 2 is 1.77 bits per heavy atom. The zero-order chi connectivity index (χ0) is 19.8. The Bertz CT molecular complexity index is 1270. The molecule has 3 aromatic rings. The summed E-state index contributed by atoms with van der Waals surface area (Å²) in [7, 11) is 0. The maximum absolute atomic E-state index is 12.6. The molecule has 3 aromatic heterocycles. The number of aromatic nitrogens is 4. The second-order valence-corrected chi connectivity index (χ2v) is 6.21. The van der Waals surface area contributed by atoms with E-state index in [9.17, 15) is 19.2 Å². The van der Waals surface area contributed by atoms with Crippen LogP contribution in [0.5, 0.6) is 0 Å². The maximum atomic E-state index is 12.6. The molecular formula is C19H20ClN5O5. The van der Waals surface area contributed by atoms with Crippen molar-refractivity contribution in [3.8, 4) is 0 Å². The standard InChI is InChI=1S/C18H15N5O5.CH4.ClH/c24-6-2-5-23-8-11(9-3-1-4-19-14(9)23)13-12(16(26)21-17(13)27)10-7-20-18(28)22-15(10)25;;/h1,3-4,7-8,24H,2,5-6H2,(H,21,26,27)(H2,20,22,25,28);1H4;1H. The van der Waals surface area contributed by atoms with Crippen molar-refractivity contribution < 1.29 is 14.7 Å². The number of hydrogen-bond donors (Lipinski definition) is 4. The number of aliphatic hydroxyl groups excluding tert-OH is 1. The highest BCUT2D eigenvalue weighted by atomic mass is 35.5. The van der Waals surface area contributed by atoms with Gasteiger partial charge in [-0.25, -0.2) is 9.78 Å². The highest BCUT2D eigenvalue weighted by Gasteiger charge is 2.35. The lowest BCUT2D eigenvalue weighted by molar-refractivity contribution is -0.122. The number of carbonyl (C=O) groups excluding carboxylic acids is 2. The molecule has 0 atom stereocenters. The smallest absolute Gasteiger partial charge is 0.325 e. The number of nitrogens with one attached hydrogen (secondary N) is 3. The number of H-pyrrole nitrogens is 2. The number of amides is 2. The van der Waals surface area contributed by atoms with Crippen LogP contribution in [0.15, 0.2) is 40.3 Å². The van der Waals surface area contributed by atoms with E-state index in [2.05, 4.69) is 20.3 Å². The van der Waals surface area contributed by atoms with E-state index in [0.29, 0.717) is 29.6 Å². The molecule has 0 spiro atoms. The first-order valence-corrected chi connectivity index (χ1v) is 8.48. The monoisotopic (exact) mass is 433 g/mol. The van der Waals surface area contributed by atoms with E-state index in [4.69, 9.17) is 5.11 Å². The highest BCUT2D eigenvalue weighted by Crippen LogP contribution is 2.34. The lowest BCUT2D eigenvalue weighted by Gasteiger charge is -2.02. The summed E-state index contributed by atoms with van der Waals surface area (Å²) < 4.78 is 1.78. The first-order chi connectivity index (χ1) is 13.5. The summed E-state index contributed by atoms with van der Waals surface area (Å²) in [5, 5.41) is 11.9. The van der Waals surface area contributed by atoms with Crippen LogP contribution in [0.3, 0.4) is 0 Å². The Hall–Kier alpha value is -3.50. The van der Waals surface area contributed by atoms with Crippen molar-refractivity contribution in [2.45, 2.75) is 20.4 Å². The zero-order valence-corrected chi connectivity index (χ0v) is 15.7. The van der Waals surface area contributed by atoms with Crippen LogP contribution in [0, 0.1) is 0 Å². The van der Waals surface area contributed by atoms with Gasteiger partial charge < -0.3 is 14.7 Å². The molecule has 2 amide bonds. The number of aromatic amines is 2. The SMILES string of the molecule is C.Cl.O=C1NC(=O)C(c2cn(CCCO)c3ncccc23)=C1c1c[nH]c(=O)[nH]c1=O. The molecular weight excluding hydrogens is 414 g/mol. The van der Waals surface area contributed by atoms with Crippen LogP contribution in [-0.2, 0) is 16.1 Å². The predicted octanol–water partition coefficient (Wildman–Crippen LogP) is 0.420. The molecule has 4 N–H and O–H groups in total. The van der Waals surface area contributed by atoms with Gasteiger partial charge in [0.2, 0.25) is 0 Å². The molecule has 11 heteroatoms. The van der Waals surface area contributed by atoms with Crippen molar-refractivity contribution in [1.82, 2.24) is 24.8 Å². The van der Waals surface area contributed by atoms with Crippen LogP contribution in [-0.4, -0.2) is 43.0 Å². The Kier molecular flexibility index (Phi) is 6.75. The van der Waals surface area contributed by atoms with Gasteiger partial charge in [-0.3, -0.25) is 24.7 Å². The number of fused-ring (bicyclic) bond motifs is 1. The number of nitrogens with zero attached hydrogens (tertiary/aromatic N) is 2.